The van der Waals surface area contributed by atoms with E-state index < -0.39 is 11.7 Å². The fourth-order valence-electron chi connectivity index (χ4n) is 3.38. The predicted molar refractivity (Wildman–Crippen MR) is 95.3 cm³/mol. The van der Waals surface area contributed by atoms with Gasteiger partial charge in [-0.2, -0.15) is 0 Å². The van der Waals surface area contributed by atoms with Crippen molar-refractivity contribution >= 4 is 22.7 Å². The molecule has 1 fully saturated rings. The number of imidazole rings is 1. The van der Waals surface area contributed by atoms with Crippen LogP contribution in [0.4, 0.5) is 0 Å². The number of amides is 1. The highest BCUT2D eigenvalue weighted by atomic mass is 16.2. The molecule has 126 valence electrons. The van der Waals surface area contributed by atoms with Gasteiger partial charge in [-0.15, -0.1) is 0 Å². The molecule has 1 aliphatic heterocycles. The monoisotopic (exact) mass is 333 g/mol. The molecule has 1 saturated heterocycles. The number of fused-ring (bicyclic) bond motifs is 1. The van der Waals surface area contributed by atoms with Gasteiger partial charge in [-0.1, -0.05) is 42.0 Å². The zero-order valence-corrected chi connectivity index (χ0v) is 14.0. The van der Waals surface area contributed by atoms with Gasteiger partial charge in [-0.05, 0) is 31.9 Å². The van der Waals surface area contributed by atoms with E-state index in [9.17, 15) is 9.59 Å². The molecule has 0 bridgehead atoms. The molecule has 3 aromatic rings. The third-order valence-electron chi connectivity index (χ3n) is 4.74. The highest BCUT2D eigenvalue weighted by Gasteiger charge is 2.35. The van der Waals surface area contributed by atoms with Crippen molar-refractivity contribution in [2.24, 2.45) is 0 Å². The van der Waals surface area contributed by atoms with Gasteiger partial charge in [0.1, 0.15) is 5.82 Å². The minimum atomic E-state index is -0.456. The maximum atomic E-state index is 12.8. The summed E-state index contributed by atoms with van der Waals surface area (Å²) in [6, 6.07) is 14.7. The molecule has 0 radical (unpaired) electrons. The van der Waals surface area contributed by atoms with E-state index in [-0.39, 0.29) is 6.04 Å². The third-order valence-corrected chi connectivity index (χ3v) is 4.74. The summed E-state index contributed by atoms with van der Waals surface area (Å²) in [5, 5.41) is 0. The topological polar surface area (TPSA) is 66.1 Å². The normalized spacial score (nSPS) is 17.2. The fraction of sp³-hybridized carbons (Fsp3) is 0.250. The number of rotatable bonds is 3. The van der Waals surface area contributed by atoms with Crippen LogP contribution in [0.3, 0.4) is 0 Å². The SMILES string of the molecule is Cc1ccc(C(=O)C(=O)N2CCCC2c2nc3ccccc3[nH]2)cc1. The van der Waals surface area contributed by atoms with E-state index in [1.54, 1.807) is 17.0 Å². The lowest BCUT2D eigenvalue weighted by Crippen LogP contribution is -2.36. The lowest BCUT2D eigenvalue weighted by atomic mass is 10.1. The molecule has 1 unspecified atom stereocenters. The molecule has 1 atom stereocenters. The molecular weight excluding hydrogens is 314 g/mol. The van der Waals surface area contributed by atoms with Crippen molar-refractivity contribution < 1.29 is 9.59 Å². The fourth-order valence-corrected chi connectivity index (χ4v) is 3.38. The Morgan fingerprint density at radius 1 is 1.12 bits per heavy atom. The largest absolute Gasteiger partial charge is 0.340 e. The first-order chi connectivity index (χ1) is 12.1. The van der Waals surface area contributed by atoms with Crippen LogP contribution in [-0.2, 0) is 4.79 Å². The van der Waals surface area contributed by atoms with Crippen molar-refractivity contribution in [2.75, 3.05) is 6.54 Å². The zero-order valence-electron chi connectivity index (χ0n) is 14.0. The maximum Gasteiger partial charge on any atom is 0.295 e. The van der Waals surface area contributed by atoms with E-state index in [0.29, 0.717) is 12.1 Å². The van der Waals surface area contributed by atoms with Gasteiger partial charge >= 0.3 is 0 Å². The van der Waals surface area contributed by atoms with Gasteiger partial charge in [0.05, 0.1) is 17.1 Å². The Bertz CT molecular complexity index is 910. The lowest BCUT2D eigenvalue weighted by Gasteiger charge is -2.22. The summed E-state index contributed by atoms with van der Waals surface area (Å²) in [5.41, 5.74) is 3.32. The number of carbonyl (C=O) groups is 2. The Morgan fingerprint density at radius 3 is 2.64 bits per heavy atom. The number of aryl methyl sites for hydroxylation is 1. The number of Topliss-reactive ketones (excluding diaryl/α,β-unsaturated/α-hetero) is 1. The molecule has 1 aliphatic rings. The standard InChI is InChI=1S/C20H19N3O2/c1-13-8-10-14(11-9-13)18(24)20(25)23-12-4-7-17(23)19-21-15-5-2-3-6-16(15)22-19/h2-3,5-6,8-11,17H,4,7,12H2,1H3,(H,21,22). The quantitative estimate of drug-likeness (QED) is 0.590. The zero-order chi connectivity index (χ0) is 17.4. The van der Waals surface area contributed by atoms with Gasteiger partial charge in [0.15, 0.2) is 0 Å². The number of nitrogens with zero attached hydrogens (tertiary/aromatic N) is 2. The van der Waals surface area contributed by atoms with Gasteiger partial charge in [0.25, 0.3) is 5.91 Å². The summed E-state index contributed by atoms with van der Waals surface area (Å²) in [4.78, 5) is 34.9. The highest BCUT2D eigenvalue weighted by Crippen LogP contribution is 2.31. The van der Waals surface area contributed by atoms with Crippen molar-refractivity contribution in [3.63, 3.8) is 0 Å². The number of aromatic amines is 1. The van der Waals surface area contributed by atoms with Crippen LogP contribution >= 0.6 is 0 Å². The Labute approximate surface area is 145 Å². The van der Waals surface area contributed by atoms with E-state index in [1.807, 2.05) is 43.3 Å². The van der Waals surface area contributed by atoms with Crippen LogP contribution in [0.1, 0.15) is 40.6 Å². The molecule has 2 aromatic carbocycles. The summed E-state index contributed by atoms with van der Waals surface area (Å²) >= 11 is 0. The molecule has 2 heterocycles. The Morgan fingerprint density at radius 2 is 1.88 bits per heavy atom. The number of likely N-dealkylation sites (tertiary alicyclic amines) is 1. The number of benzene rings is 2. The molecule has 1 aromatic heterocycles. The van der Waals surface area contributed by atoms with E-state index in [0.717, 1.165) is 35.3 Å². The first kappa shape index (κ1) is 15.6. The van der Waals surface area contributed by atoms with Crippen LogP contribution in [0.25, 0.3) is 11.0 Å². The molecule has 1 N–H and O–H groups in total. The number of hydrogen-bond acceptors (Lipinski definition) is 3. The Hall–Kier alpha value is -2.95. The Balaban J connectivity index is 1.61. The van der Waals surface area contributed by atoms with E-state index in [2.05, 4.69) is 9.97 Å². The van der Waals surface area contributed by atoms with Gasteiger partial charge in [-0.3, -0.25) is 9.59 Å². The van der Waals surface area contributed by atoms with Crippen molar-refractivity contribution in [2.45, 2.75) is 25.8 Å². The second-order valence-corrected chi connectivity index (χ2v) is 6.49. The van der Waals surface area contributed by atoms with Crippen LogP contribution in [-0.4, -0.2) is 33.1 Å². The molecule has 1 amide bonds. The molecule has 5 heteroatoms. The number of carbonyl (C=O) groups excluding carboxylic acids is 2. The predicted octanol–water partition coefficient (Wildman–Crippen LogP) is 3.42. The van der Waals surface area contributed by atoms with Gasteiger partial charge in [-0.25, -0.2) is 4.98 Å². The minimum Gasteiger partial charge on any atom is -0.340 e. The smallest absolute Gasteiger partial charge is 0.295 e. The average Bonchev–Trinajstić information content (AvgIpc) is 3.27. The maximum absolute atomic E-state index is 12.8. The molecular formula is C20H19N3O2. The summed E-state index contributed by atoms with van der Waals surface area (Å²) in [6.07, 6.45) is 1.68. The first-order valence-electron chi connectivity index (χ1n) is 8.50. The lowest BCUT2D eigenvalue weighted by molar-refractivity contribution is -0.127. The van der Waals surface area contributed by atoms with Crippen LogP contribution < -0.4 is 0 Å². The molecule has 5 nitrogen and oxygen atoms in total. The number of H-pyrrole nitrogens is 1. The highest BCUT2D eigenvalue weighted by molar-refractivity contribution is 6.42. The summed E-state index contributed by atoms with van der Waals surface area (Å²) in [5.74, 6) is -0.154. The number of hydrogen-bond donors (Lipinski definition) is 1. The van der Waals surface area contributed by atoms with Gasteiger partial charge in [0.2, 0.25) is 5.78 Å². The number of nitrogens with one attached hydrogen (secondary N) is 1. The van der Waals surface area contributed by atoms with Crippen molar-refractivity contribution in [1.29, 1.82) is 0 Å². The van der Waals surface area contributed by atoms with Crippen LogP contribution in [0.2, 0.25) is 0 Å². The van der Waals surface area contributed by atoms with Crippen molar-refractivity contribution in [3.05, 3.63) is 65.5 Å². The third kappa shape index (κ3) is 2.82. The Kier molecular flexibility index (Phi) is 3.84. The van der Waals surface area contributed by atoms with Crippen molar-refractivity contribution in [3.8, 4) is 0 Å². The van der Waals surface area contributed by atoms with E-state index in [4.69, 9.17) is 0 Å². The molecule has 0 aliphatic carbocycles. The van der Waals surface area contributed by atoms with Gasteiger partial charge < -0.3 is 9.88 Å². The van der Waals surface area contributed by atoms with Crippen LogP contribution in [0.15, 0.2) is 48.5 Å². The van der Waals surface area contributed by atoms with Crippen LogP contribution in [0, 0.1) is 6.92 Å². The molecule has 4 rings (SSSR count). The number of para-hydroxylation sites is 2. The number of ketones is 1. The average molecular weight is 333 g/mol. The summed E-state index contributed by atoms with van der Waals surface area (Å²) < 4.78 is 0. The van der Waals surface area contributed by atoms with E-state index >= 15 is 0 Å². The van der Waals surface area contributed by atoms with Crippen molar-refractivity contribution in [1.82, 2.24) is 14.9 Å². The minimum absolute atomic E-state index is 0.172. The molecule has 0 saturated carbocycles. The van der Waals surface area contributed by atoms with E-state index in [1.165, 1.54) is 0 Å². The summed E-state index contributed by atoms with van der Waals surface area (Å²) in [6.45, 7) is 2.53. The molecule has 25 heavy (non-hydrogen) atoms. The van der Waals surface area contributed by atoms with Crippen LogP contribution in [0.5, 0.6) is 0 Å². The second-order valence-electron chi connectivity index (χ2n) is 6.49. The van der Waals surface area contributed by atoms with Gasteiger partial charge in [0, 0.05) is 12.1 Å². The molecule has 0 spiro atoms. The number of aromatic nitrogens is 2. The first-order valence-corrected chi connectivity index (χ1v) is 8.50. The second kappa shape index (κ2) is 6.16. The summed E-state index contributed by atoms with van der Waals surface area (Å²) in [7, 11) is 0.